The molecule has 0 saturated carbocycles. The smallest absolute Gasteiger partial charge is 0.0817 e. The Bertz CT molecular complexity index is 190. The molecule has 0 spiro atoms. The summed E-state index contributed by atoms with van der Waals surface area (Å²) in [5, 5.41) is 0. The van der Waals surface area contributed by atoms with E-state index < -0.39 is 10.8 Å². The molecule has 2 N–H and O–H groups in total. The van der Waals surface area contributed by atoms with E-state index in [0.717, 1.165) is 26.2 Å². The van der Waals surface area contributed by atoms with Crippen LogP contribution in [-0.2, 0) is 15.5 Å². The highest BCUT2D eigenvalue weighted by Gasteiger charge is 2.20. The molecule has 2 unspecified atom stereocenters. The van der Waals surface area contributed by atoms with Crippen molar-refractivity contribution in [3.63, 3.8) is 0 Å². The zero-order valence-electron chi connectivity index (χ0n) is 8.78. The maximum atomic E-state index is 11.4. The van der Waals surface area contributed by atoms with Gasteiger partial charge in [-0.15, -0.1) is 0 Å². The molecule has 1 aliphatic rings. The molecule has 0 amide bonds. The van der Waals surface area contributed by atoms with Crippen LogP contribution in [-0.4, -0.2) is 59.5 Å². The average molecular weight is 220 g/mol. The van der Waals surface area contributed by atoms with E-state index in [9.17, 15) is 4.21 Å². The summed E-state index contributed by atoms with van der Waals surface area (Å²) in [7, 11) is -0.811. The topological polar surface area (TPSA) is 55.6 Å². The van der Waals surface area contributed by atoms with Crippen molar-refractivity contribution in [2.75, 3.05) is 44.3 Å². The van der Waals surface area contributed by atoms with Gasteiger partial charge >= 0.3 is 0 Å². The predicted octanol–water partition coefficient (Wildman–Crippen LogP) is -0.585. The Hall–Kier alpha value is 0.0300. The van der Waals surface area contributed by atoms with Crippen molar-refractivity contribution in [3.8, 4) is 0 Å². The lowest BCUT2D eigenvalue weighted by Gasteiger charge is -2.31. The van der Waals surface area contributed by atoms with Crippen molar-refractivity contribution in [1.29, 1.82) is 0 Å². The van der Waals surface area contributed by atoms with Crippen molar-refractivity contribution >= 4 is 10.8 Å². The highest BCUT2D eigenvalue weighted by atomic mass is 32.2. The molecule has 1 fully saturated rings. The fraction of sp³-hybridized carbons (Fsp3) is 1.00. The maximum absolute atomic E-state index is 11.4. The van der Waals surface area contributed by atoms with E-state index in [-0.39, 0.29) is 6.10 Å². The fourth-order valence-electron chi connectivity index (χ4n) is 1.59. The minimum atomic E-state index is -0.811. The summed E-state index contributed by atoms with van der Waals surface area (Å²) in [6.07, 6.45) is 0.135. The first-order valence-electron chi connectivity index (χ1n) is 5.15. The van der Waals surface area contributed by atoms with E-state index in [1.165, 1.54) is 0 Å². The molecule has 1 saturated heterocycles. The Balaban J connectivity index is 2.26. The minimum absolute atomic E-state index is 0.135. The van der Waals surface area contributed by atoms with Crippen LogP contribution in [0.1, 0.15) is 6.92 Å². The highest BCUT2D eigenvalue weighted by molar-refractivity contribution is 7.85. The number of hydrogen-bond acceptors (Lipinski definition) is 4. The maximum Gasteiger partial charge on any atom is 0.0817 e. The highest BCUT2D eigenvalue weighted by Crippen LogP contribution is 2.06. The van der Waals surface area contributed by atoms with Crippen LogP contribution >= 0.6 is 0 Å². The van der Waals surface area contributed by atoms with Gasteiger partial charge in [0.15, 0.2) is 0 Å². The van der Waals surface area contributed by atoms with Gasteiger partial charge in [0.1, 0.15) is 0 Å². The monoisotopic (exact) mass is 220 g/mol. The molecule has 2 atom stereocenters. The zero-order chi connectivity index (χ0) is 10.4. The molecule has 1 heterocycles. The predicted molar refractivity (Wildman–Crippen MR) is 58.8 cm³/mol. The van der Waals surface area contributed by atoms with Crippen molar-refractivity contribution in [3.05, 3.63) is 0 Å². The first-order valence-corrected chi connectivity index (χ1v) is 6.64. The quantitative estimate of drug-likeness (QED) is 0.673. The average Bonchev–Trinajstić information content (AvgIpc) is 2.18. The van der Waals surface area contributed by atoms with Crippen LogP contribution in [0.5, 0.6) is 0 Å². The number of morpholine rings is 1. The van der Waals surface area contributed by atoms with Crippen LogP contribution in [0.3, 0.4) is 0 Å². The molecular formula is C9H20N2O2S. The van der Waals surface area contributed by atoms with Gasteiger partial charge < -0.3 is 10.5 Å². The van der Waals surface area contributed by atoms with Gasteiger partial charge in [-0.05, 0) is 6.54 Å². The Morgan fingerprint density at radius 1 is 1.64 bits per heavy atom. The van der Waals surface area contributed by atoms with E-state index in [1.807, 2.05) is 0 Å². The summed E-state index contributed by atoms with van der Waals surface area (Å²) in [4.78, 5) is 2.33. The van der Waals surface area contributed by atoms with Gasteiger partial charge in [-0.25, -0.2) is 0 Å². The van der Waals surface area contributed by atoms with E-state index in [0.29, 0.717) is 18.1 Å². The van der Waals surface area contributed by atoms with Gasteiger partial charge in [0.25, 0.3) is 0 Å². The summed E-state index contributed by atoms with van der Waals surface area (Å²) in [6, 6.07) is 0. The molecule has 0 aromatic rings. The number of nitrogens with two attached hydrogens (primary N) is 1. The van der Waals surface area contributed by atoms with Crippen molar-refractivity contribution in [2.24, 2.45) is 5.73 Å². The molecule has 0 aliphatic carbocycles. The molecular weight excluding hydrogens is 200 g/mol. The molecule has 4 nitrogen and oxygen atoms in total. The van der Waals surface area contributed by atoms with Gasteiger partial charge in [0.05, 0.1) is 18.5 Å². The Morgan fingerprint density at radius 3 is 3.07 bits per heavy atom. The van der Waals surface area contributed by atoms with Crippen LogP contribution < -0.4 is 5.73 Å². The fourth-order valence-corrected chi connectivity index (χ4v) is 2.64. The lowest BCUT2D eigenvalue weighted by atomic mass is 10.3. The molecule has 0 radical (unpaired) electrons. The Morgan fingerprint density at radius 2 is 2.43 bits per heavy atom. The summed E-state index contributed by atoms with van der Waals surface area (Å²) >= 11 is 0. The second-order valence-corrected chi connectivity index (χ2v) is 5.11. The minimum Gasteiger partial charge on any atom is -0.375 e. The summed E-state index contributed by atoms with van der Waals surface area (Å²) in [5.41, 5.74) is 5.34. The first kappa shape index (κ1) is 12.1. The molecule has 14 heavy (non-hydrogen) atoms. The number of hydrogen-bond donors (Lipinski definition) is 1. The Kier molecular flexibility index (Phi) is 5.62. The standard InChI is InChI=1S/C9H20N2O2S/c1-2-11-4-5-13-9(7-11)8-14(12)6-3-10/h9H,2-8,10H2,1H3. The van der Waals surface area contributed by atoms with Crippen molar-refractivity contribution in [1.82, 2.24) is 4.90 Å². The number of nitrogens with zero attached hydrogens (tertiary/aromatic N) is 1. The third-order valence-corrected chi connectivity index (χ3v) is 3.82. The van der Waals surface area contributed by atoms with E-state index in [4.69, 9.17) is 10.5 Å². The van der Waals surface area contributed by atoms with Crippen molar-refractivity contribution in [2.45, 2.75) is 13.0 Å². The molecule has 84 valence electrons. The summed E-state index contributed by atoms with van der Waals surface area (Å²) < 4.78 is 17.0. The largest absolute Gasteiger partial charge is 0.375 e. The van der Waals surface area contributed by atoms with Gasteiger partial charge in [-0.3, -0.25) is 9.11 Å². The third-order valence-electron chi connectivity index (χ3n) is 2.39. The summed E-state index contributed by atoms with van der Waals surface area (Å²) in [6.45, 7) is 6.35. The van der Waals surface area contributed by atoms with E-state index in [2.05, 4.69) is 11.8 Å². The lowest BCUT2D eigenvalue weighted by molar-refractivity contribution is -0.0141. The number of likely N-dealkylation sites (N-methyl/N-ethyl adjacent to an activating group) is 1. The van der Waals surface area contributed by atoms with Crippen LogP contribution in [0, 0.1) is 0 Å². The van der Waals surface area contributed by atoms with Crippen LogP contribution in [0.4, 0.5) is 0 Å². The molecule has 1 rings (SSSR count). The lowest BCUT2D eigenvalue weighted by Crippen LogP contribution is -2.44. The molecule has 0 aromatic heterocycles. The van der Waals surface area contributed by atoms with Gasteiger partial charge in [-0.1, -0.05) is 6.92 Å². The second kappa shape index (κ2) is 6.50. The first-order chi connectivity index (χ1) is 6.76. The van der Waals surface area contributed by atoms with Crippen LogP contribution in [0.15, 0.2) is 0 Å². The third kappa shape index (κ3) is 4.04. The van der Waals surface area contributed by atoms with Crippen molar-refractivity contribution < 1.29 is 8.95 Å². The second-order valence-electron chi connectivity index (χ2n) is 3.49. The molecule has 0 aromatic carbocycles. The Labute approximate surface area is 88.2 Å². The van der Waals surface area contributed by atoms with Gasteiger partial charge in [-0.2, -0.15) is 0 Å². The normalized spacial score (nSPS) is 26.3. The van der Waals surface area contributed by atoms with E-state index in [1.54, 1.807) is 0 Å². The molecule has 5 heteroatoms. The van der Waals surface area contributed by atoms with Crippen LogP contribution in [0.25, 0.3) is 0 Å². The number of rotatable bonds is 5. The summed E-state index contributed by atoms with van der Waals surface area (Å²) in [5.74, 6) is 1.22. The SMILES string of the molecule is CCN1CCOC(CS(=O)CCN)C1. The van der Waals surface area contributed by atoms with E-state index >= 15 is 0 Å². The zero-order valence-corrected chi connectivity index (χ0v) is 9.59. The molecule has 0 bridgehead atoms. The van der Waals surface area contributed by atoms with Gasteiger partial charge in [0.2, 0.25) is 0 Å². The number of ether oxygens (including phenoxy) is 1. The van der Waals surface area contributed by atoms with Gasteiger partial charge in [0, 0.05) is 36.2 Å². The van der Waals surface area contributed by atoms with Crippen LogP contribution in [0.2, 0.25) is 0 Å². The molecule has 1 aliphatic heterocycles.